The Hall–Kier alpha value is -1.54. The zero-order chi connectivity index (χ0) is 13.8. The maximum Gasteiger partial charge on any atom is 0.146 e. The van der Waals surface area contributed by atoms with E-state index in [0.717, 1.165) is 5.69 Å². The van der Waals surface area contributed by atoms with Gasteiger partial charge in [0.25, 0.3) is 0 Å². The van der Waals surface area contributed by atoms with Gasteiger partial charge in [-0.3, -0.25) is 0 Å². The van der Waals surface area contributed by atoms with E-state index in [9.17, 15) is 4.39 Å². The maximum absolute atomic E-state index is 13.8. The van der Waals surface area contributed by atoms with E-state index in [1.54, 1.807) is 18.2 Å². The smallest absolute Gasteiger partial charge is 0.146 e. The van der Waals surface area contributed by atoms with Crippen molar-refractivity contribution in [2.75, 3.05) is 5.32 Å². The Morgan fingerprint density at radius 2 is 1.84 bits per heavy atom. The van der Waals surface area contributed by atoms with Gasteiger partial charge in [0.05, 0.1) is 5.02 Å². The Kier molecular flexibility index (Phi) is 4.43. The van der Waals surface area contributed by atoms with Crippen molar-refractivity contribution in [3.05, 3.63) is 64.4 Å². The second-order valence-corrected chi connectivity index (χ2v) is 5.22. The number of halogens is 2. The summed E-state index contributed by atoms with van der Waals surface area (Å²) in [6.45, 7) is 4.71. The molecule has 0 saturated heterocycles. The minimum atomic E-state index is -0.348. The zero-order valence-corrected chi connectivity index (χ0v) is 11.8. The van der Waals surface area contributed by atoms with Crippen LogP contribution in [0.3, 0.4) is 0 Å². The number of hydrogen-bond donors (Lipinski definition) is 1. The second kappa shape index (κ2) is 6.07. The summed E-state index contributed by atoms with van der Waals surface area (Å²) in [5, 5.41) is 3.44. The van der Waals surface area contributed by atoms with Crippen LogP contribution in [0.2, 0.25) is 5.02 Å². The van der Waals surface area contributed by atoms with Crippen LogP contribution in [-0.2, 0) is 6.54 Å². The monoisotopic (exact) mass is 277 g/mol. The molecule has 0 saturated carbocycles. The van der Waals surface area contributed by atoms with Crippen LogP contribution in [0.25, 0.3) is 0 Å². The summed E-state index contributed by atoms with van der Waals surface area (Å²) >= 11 is 5.77. The van der Waals surface area contributed by atoms with Gasteiger partial charge in [-0.05, 0) is 23.6 Å². The van der Waals surface area contributed by atoms with Gasteiger partial charge >= 0.3 is 0 Å². The van der Waals surface area contributed by atoms with Crippen LogP contribution in [-0.4, -0.2) is 0 Å². The fourth-order valence-electron chi connectivity index (χ4n) is 2.04. The molecule has 19 heavy (non-hydrogen) atoms. The molecule has 0 heterocycles. The van der Waals surface area contributed by atoms with Crippen molar-refractivity contribution >= 4 is 17.3 Å². The van der Waals surface area contributed by atoms with Gasteiger partial charge in [0.1, 0.15) is 5.82 Å². The topological polar surface area (TPSA) is 12.0 Å². The van der Waals surface area contributed by atoms with Gasteiger partial charge in [-0.1, -0.05) is 55.8 Å². The second-order valence-electron chi connectivity index (χ2n) is 4.81. The molecule has 0 aliphatic rings. The standard InChI is InChI=1S/C16H17ClFN/c1-11(2)13-7-3-4-9-15(13)19-10-12-6-5-8-14(17)16(12)18/h3-9,11,19H,10H2,1-2H3. The van der Waals surface area contributed by atoms with Gasteiger partial charge < -0.3 is 5.32 Å². The Morgan fingerprint density at radius 1 is 1.11 bits per heavy atom. The quantitative estimate of drug-likeness (QED) is 0.808. The molecule has 0 spiro atoms. The van der Waals surface area contributed by atoms with E-state index < -0.39 is 0 Å². The highest BCUT2D eigenvalue weighted by atomic mass is 35.5. The van der Waals surface area contributed by atoms with Crippen LogP contribution in [0, 0.1) is 5.82 Å². The molecule has 2 aromatic carbocycles. The largest absolute Gasteiger partial charge is 0.381 e. The summed E-state index contributed by atoms with van der Waals surface area (Å²) in [4.78, 5) is 0. The first-order valence-corrected chi connectivity index (χ1v) is 6.73. The lowest BCUT2D eigenvalue weighted by atomic mass is 10.0. The molecule has 0 radical (unpaired) electrons. The third-order valence-corrected chi connectivity index (χ3v) is 3.38. The van der Waals surface area contributed by atoms with E-state index in [0.29, 0.717) is 18.0 Å². The molecule has 2 aromatic rings. The maximum atomic E-state index is 13.8. The SMILES string of the molecule is CC(C)c1ccccc1NCc1cccc(Cl)c1F. The molecule has 1 nitrogen and oxygen atoms in total. The van der Waals surface area contributed by atoms with Crippen molar-refractivity contribution in [1.29, 1.82) is 0 Å². The van der Waals surface area contributed by atoms with Gasteiger partial charge in [0.2, 0.25) is 0 Å². The molecule has 0 unspecified atom stereocenters. The van der Waals surface area contributed by atoms with Crippen LogP contribution in [0.15, 0.2) is 42.5 Å². The molecule has 2 rings (SSSR count). The van der Waals surface area contributed by atoms with Crippen LogP contribution >= 0.6 is 11.6 Å². The number of para-hydroxylation sites is 1. The van der Waals surface area contributed by atoms with Crippen molar-refractivity contribution in [3.63, 3.8) is 0 Å². The average molecular weight is 278 g/mol. The fraction of sp³-hybridized carbons (Fsp3) is 0.250. The first-order valence-electron chi connectivity index (χ1n) is 6.35. The molecule has 1 N–H and O–H groups in total. The summed E-state index contributed by atoms with van der Waals surface area (Å²) in [6.07, 6.45) is 0. The van der Waals surface area contributed by atoms with E-state index in [1.165, 1.54) is 5.56 Å². The number of benzene rings is 2. The van der Waals surface area contributed by atoms with E-state index in [-0.39, 0.29) is 10.8 Å². The minimum Gasteiger partial charge on any atom is -0.381 e. The Morgan fingerprint density at radius 3 is 2.58 bits per heavy atom. The summed E-state index contributed by atoms with van der Waals surface area (Å²) in [7, 11) is 0. The lowest BCUT2D eigenvalue weighted by Gasteiger charge is -2.15. The predicted molar refractivity (Wildman–Crippen MR) is 79.3 cm³/mol. The predicted octanol–water partition coefficient (Wildman–Crippen LogP) is 5.21. The summed E-state index contributed by atoms with van der Waals surface area (Å²) in [5.74, 6) is 0.0756. The van der Waals surface area contributed by atoms with Crippen LogP contribution in [0.1, 0.15) is 30.9 Å². The van der Waals surface area contributed by atoms with E-state index in [4.69, 9.17) is 11.6 Å². The minimum absolute atomic E-state index is 0.163. The van der Waals surface area contributed by atoms with E-state index in [2.05, 4.69) is 25.2 Å². The van der Waals surface area contributed by atoms with Crippen molar-refractivity contribution in [1.82, 2.24) is 0 Å². The fourth-order valence-corrected chi connectivity index (χ4v) is 2.23. The molecule has 0 amide bonds. The van der Waals surface area contributed by atoms with Crippen molar-refractivity contribution in [3.8, 4) is 0 Å². The molecule has 0 fully saturated rings. The van der Waals surface area contributed by atoms with Crippen LogP contribution < -0.4 is 5.32 Å². The summed E-state index contributed by atoms with van der Waals surface area (Å²) in [5.41, 5.74) is 2.84. The van der Waals surface area contributed by atoms with E-state index in [1.807, 2.05) is 18.2 Å². The zero-order valence-electron chi connectivity index (χ0n) is 11.1. The van der Waals surface area contributed by atoms with Crippen molar-refractivity contribution in [2.24, 2.45) is 0 Å². The van der Waals surface area contributed by atoms with Gasteiger partial charge in [0.15, 0.2) is 0 Å². The number of rotatable bonds is 4. The normalized spacial score (nSPS) is 10.8. The van der Waals surface area contributed by atoms with Crippen LogP contribution in [0.5, 0.6) is 0 Å². The van der Waals surface area contributed by atoms with Gasteiger partial charge in [-0.25, -0.2) is 4.39 Å². The Labute approximate surface area is 118 Å². The highest BCUT2D eigenvalue weighted by Crippen LogP contribution is 2.25. The Bertz CT molecular complexity index is 566. The van der Waals surface area contributed by atoms with Gasteiger partial charge in [-0.2, -0.15) is 0 Å². The third-order valence-electron chi connectivity index (χ3n) is 3.08. The van der Waals surface area contributed by atoms with Crippen molar-refractivity contribution < 1.29 is 4.39 Å². The van der Waals surface area contributed by atoms with Gasteiger partial charge in [0, 0.05) is 17.8 Å². The third kappa shape index (κ3) is 3.27. The molecule has 0 aromatic heterocycles. The number of anilines is 1. The average Bonchev–Trinajstić information content (AvgIpc) is 2.40. The number of nitrogens with one attached hydrogen (secondary N) is 1. The van der Waals surface area contributed by atoms with Crippen molar-refractivity contribution in [2.45, 2.75) is 26.3 Å². The molecule has 3 heteroatoms. The highest BCUT2D eigenvalue weighted by molar-refractivity contribution is 6.30. The molecule has 100 valence electrons. The first kappa shape index (κ1) is 13.9. The molecule has 0 atom stereocenters. The molecule has 0 bridgehead atoms. The number of hydrogen-bond acceptors (Lipinski definition) is 1. The molecular formula is C16H17ClFN. The summed E-state index contributed by atoms with van der Waals surface area (Å²) < 4.78 is 13.8. The lowest BCUT2D eigenvalue weighted by Crippen LogP contribution is -2.05. The van der Waals surface area contributed by atoms with E-state index >= 15 is 0 Å². The van der Waals surface area contributed by atoms with Gasteiger partial charge in [-0.15, -0.1) is 0 Å². The summed E-state index contributed by atoms with van der Waals surface area (Å²) in [6, 6.07) is 13.1. The van der Waals surface area contributed by atoms with Crippen LogP contribution in [0.4, 0.5) is 10.1 Å². The highest BCUT2D eigenvalue weighted by Gasteiger charge is 2.08. The molecular weight excluding hydrogens is 261 g/mol. The Balaban J connectivity index is 2.17. The molecule has 0 aliphatic carbocycles. The lowest BCUT2D eigenvalue weighted by molar-refractivity contribution is 0.613. The molecule has 0 aliphatic heterocycles. The first-order chi connectivity index (χ1) is 9.09.